The minimum Gasteiger partial charge on any atom is -0.467 e. The third-order valence-electron chi connectivity index (χ3n) is 3.15. The molecule has 0 aliphatic carbocycles. The van der Waals surface area contributed by atoms with Gasteiger partial charge in [-0.2, -0.15) is 0 Å². The Bertz CT molecular complexity index is 312. The predicted octanol–water partition coefficient (Wildman–Crippen LogP) is 3.15. The summed E-state index contributed by atoms with van der Waals surface area (Å²) in [7, 11) is 1.61. The Labute approximate surface area is 131 Å². The molecule has 0 amide bonds. The standard InChI is InChI=1S/C14H24O4S2/c1-5-7-8-10-11(16-9-6-2)12(13(15-3)17-10)18-14(19)20-4/h6,10-13H,2,5,7-9H2,1,3-4H3/t10-,11+,12-,13-/m1/s1. The van der Waals surface area contributed by atoms with E-state index < -0.39 is 6.29 Å². The fraction of sp³-hybridized carbons (Fsp3) is 0.786. The number of methoxy groups -OCH3 is 1. The zero-order valence-corrected chi connectivity index (χ0v) is 14.0. The number of hydrogen-bond acceptors (Lipinski definition) is 6. The maximum absolute atomic E-state index is 5.90. The van der Waals surface area contributed by atoms with E-state index in [9.17, 15) is 0 Å². The van der Waals surface area contributed by atoms with Crippen LogP contribution in [0, 0.1) is 0 Å². The first-order valence-corrected chi connectivity index (χ1v) is 8.46. The minimum absolute atomic E-state index is 0.0329. The van der Waals surface area contributed by atoms with Crippen LogP contribution in [-0.4, -0.2) is 49.0 Å². The van der Waals surface area contributed by atoms with Crippen molar-refractivity contribution in [2.75, 3.05) is 20.0 Å². The molecule has 1 rings (SSSR count). The Morgan fingerprint density at radius 3 is 2.75 bits per heavy atom. The van der Waals surface area contributed by atoms with Gasteiger partial charge >= 0.3 is 0 Å². The van der Waals surface area contributed by atoms with E-state index in [0.717, 1.165) is 19.3 Å². The third-order valence-corrected chi connectivity index (χ3v) is 4.17. The molecule has 0 spiro atoms. The highest BCUT2D eigenvalue weighted by atomic mass is 32.2. The molecule has 0 radical (unpaired) electrons. The first-order chi connectivity index (χ1) is 9.67. The van der Waals surface area contributed by atoms with E-state index in [4.69, 9.17) is 31.2 Å². The van der Waals surface area contributed by atoms with Crippen LogP contribution >= 0.6 is 24.0 Å². The molecule has 1 heterocycles. The van der Waals surface area contributed by atoms with Crippen molar-refractivity contribution in [1.29, 1.82) is 0 Å². The first kappa shape index (κ1) is 17.9. The molecule has 0 aromatic rings. The van der Waals surface area contributed by atoms with Crippen molar-refractivity contribution in [2.24, 2.45) is 0 Å². The number of rotatable bonds is 8. The number of thiocarbonyl (C=S) groups is 1. The molecule has 1 fully saturated rings. The Hall–Kier alpha value is -0.140. The van der Waals surface area contributed by atoms with Crippen LogP contribution in [0.1, 0.15) is 26.2 Å². The van der Waals surface area contributed by atoms with Crippen molar-refractivity contribution in [3.63, 3.8) is 0 Å². The lowest BCUT2D eigenvalue weighted by Crippen LogP contribution is -2.39. The Kier molecular flexibility index (Phi) is 8.72. The Morgan fingerprint density at radius 1 is 1.45 bits per heavy atom. The molecule has 1 saturated heterocycles. The maximum atomic E-state index is 5.90. The number of ether oxygens (including phenoxy) is 4. The van der Waals surface area contributed by atoms with Crippen LogP contribution in [0.2, 0.25) is 0 Å². The van der Waals surface area contributed by atoms with E-state index in [-0.39, 0.29) is 18.3 Å². The molecule has 0 N–H and O–H groups in total. The third kappa shape index (κ3) is 5.00. The Balaban J connectivity index is 2.76. The van der Waals surface area contributed by atoms with Crippen molar-refractivity contribution in [3.05, 3.63) is 12.7 Å². The van der Waals surface area contributed by atoms with Gasteiger partial charge in [0.2, 0.25) is 4.38 Å². The number of thioether (sulfide) groups is 1. The summed E-state index contributed by atoms with van der Waals surface area (Å²) in [5, 5.41) is 0. The fourth-order valence-corrected chi connectivity index (χ4v) is 2.50. The topological polar surface area (TPSA) is 36.9 Å². The van der Waals surface area contributed by atoms with E-state index >= 15 is 0 Å². The minimum atomic E-state index is -0.447. The van der Waals surface area contributed by atoms with Crippen molar-refractivity contribution in [3.8, 4) is 0 Å². The summed E-state index contributed by atoms with van der Waals surface area (Å²) in [5.41, 5.74) is 0. The first-order valence-electron chi connectivity index (χ1n) is 6.83. The maximum Gasteiger partial charge on any atom is 0.220 e. The zero-order chi connectivity index (χ0) is 15.0. The van der Waals surface area contributed by atoms with Gasteiger partial charge in [-0.25, -0.2) is 0 Å². The molecular formula is C14H24O4S2. The average molecular weight is 320 g/mol. The van der Waals surface area contributed by atoms with Crippen molar-refractivity contribution in [2.45, 2.75) is 50.8 Å². The second-order valence-electron chi connectivity index (χ2n) is 4.54. The van der Waals surface area contributed by atoms with Gasteiger partial charge < -0.3 is 18.9 Å². The molecule has 116 valence electrons. The second kappa shape index (κ2) is 9.73. The molecule has 0 aromatic heterocycles. The lowest BCUT2D eigenvalue weighted by atomic mass is 10.1. The molecule has 0 bridgehead atoms. The molecule has 1 aliphatic heterocycles. The summed E-state index contributed by atoms with van der Waals surface area (Å²) in [6.07, 6.45) is 5.72. The van der Waals surface area contributed by atoms with Gasteiger partial charge in [-0.05, 0) is 24.9 Å². The van der Waals surface area contributed by atoms with Gasteiger partial charge in [-0.15, -0.1) is 6.58 Å². The van der Waals surface area contributed by atoms with Gasteiger partial charge in [-0.3, -0.25) is 0 Å². The summed E-state index contributed by atoms with van der Waals surface area (Å²) in [6, 6.07) is 0. The van der Waals surface area contributed by atoms with Crippen LogP contribution in [0.4, 0.5) is 0 Å². The van der Waals surface area contributed by atoms with Gasteiger partial charge in [0.15, 0.2) is 12.4 Å². The SMILES string of the molecule is C=CCO[C@@H]1[C@@H](OC(=S)SC)[C@H](OC)O[C@@H]1CCCC. The molecule has 0 aromatic carbocycles. The lowest BCUT2D eigenvalue weighted by molar-refractivity contribution is -0.145. The van der Waals surface area contributed by atoms with E-state index in [2.05, 4.69) is 13.5 Å². The summed E-state index contributed by atoms with van der Waals surface area (Å²) < 4.78 is 23.4. The normalized spacial score (nSPS) is 29.4. The summed E-state index contributed by atoms with van der Waals surface area (Å²) in [6.45, 7) is 6.29. The second-order valence-corrected chi connectivity index (χ2v) is 5.95. The highest BCUT2D eigenvalue weighted by Crippen LogP contribution is 2.31. The lowest BCUT2D eigenvalue weighted by Gasteiger charge is -2.24. The Morgan fingerprint density at radius 2 is 2.20 bits per heavy atom. The largest absolute Gasteiger partial charge is 0.467 e. The predicted molar refractivity (Wildman–Crippen MR) is 86.1 cm³/mol. The molecule has 6 heteroatoms. The highest BCUT2D eigenvalue weighted by Gasteiger charge is 2.47. The van der Waals surface area contributed by atoms with E-state index in [1.165, 1.54) is 11.8 Å². The van der Waals surface area contributed by atoms with Crippen LogP contribution in [0.5, 0.6) is 0 Å². The van der Waals surface area contributed by atoms with Crippen LogP contribution in [0.25, 0.3) is 0 Å². The van der Waals surface area contributed by atoms with Gasteiger partial charge in [0.1, 0.15) is 6.10 Å². The highest BCUT2D eigenvalue weighted by molar-refractivity contribution is 8.22. The summed E-state index contributed by atoms with van der Waals surface area (Å²) in [4.78, 5) is 0. The average Bonchev–Trinajstić information content (AvgIpc) is 2.79. The molecule has 4 atom stereocenters. The van der Waals surface area contributed by atoms with Crippen molar-refractivity contribution < 1.29 is 18.9 Å². The molecule has 4 nitrogen and oxygen atoms in total. The zero-order valence-electron chi connectivity index (χ0n) is 12.4. The van der Waals surface area contributed by atoms with Gasteiger partial charge in [0.05, 0.1) is 12.7 Å². The summed E-state index contributed by atoms with van der Waals surface area (Å²) >= 11 is 6.53. The summed E-state index contributed by atoms with van der Waals surface area (Å²) in [5.74, 6) is 0. The van der Waals surface area contributed by atoms with E-state index in [1.807, 2.05) is 6.26 Å². The molecule has 1 aliphatic rings. The van der Waals surface area contributed by atoms with Crippen LogP contribution < -0.4 is 0 Å². The number of hydrogen-bond donors (Lipinski definition) is 0. The molecule has 20 heavy (non-hydrogen) atoms. The van der Waals surface area contributed by atoms with Crippen molar-refractivity contribution >= 4 is 28.4 Å². The molecule has 0 saturated carbocycles. The fourth-order valence-electron chi connectivity index (χ4n) is 2.18. The smallest absolute Gasteiger partial charge is 0.220 e. The van der Waals surface area contributed by atoms with Crippen molar-refractivity contribution in [1.82, 2.24) is 0 Å². The van der Waals surface area contributed by atoms with Crippen LogP contribution in [-0.2, 0) is 18.9 Å². The van der Waals surface area contributed by atoms with Gasteiger partial charge in [0.25, 0.3) is 0 Å². The van der Waals surface area contributed by atoms with Gasteiger partial charge in [-0.1, -0.05) is 37.6 Å². The monoisotopic (exact) mass is 320 g/mol. The molecular weight excluding hydrogens is 296 g/mol. The van der Waals surface area contributed by atoms with E-state index in [0.29, 0.717) is 11.0 Å². The van der Waals surface area contributed by atoms with E-state index in [1.54, 1.807) is 13.2 Å². The van der Waals surface area contributed by atoms with Crippen LogP contribution in [0.3, 0.4) is 0 Å². The van der Waals surface area contributed by atoms with Gasteiger partial charge in [0, 0.05) is 7.11 Å². The van der Waals surface area contributed by atoms with Crippen LogP contribution in [0.15, 0.2) is 12.7 Å². The quantitative estimate of drug-likeness (QED) is 0.505. The number of unbranched alkanes of at least 4 members (excludes halogenated alkanes) is 1. The molecule has 0 unspecified atom stereocenters.